The fraction of sp³-hybridized carbons (Fsp3) is 0.250. The molecule has 84 valence electrons. The van der Waals surface area contributed by atoms with E-state index >= 15 is 0 Å². The highest BCUT2D eigenvalue weighted by Gasteiger charge is 2.16. The van der Waals surface area contributed by atoms with Gasteiger partial charge in [0, 0.05) is 17.3 Å². The van der Waals surface area contributed by atoms with Gasteiger partial charge in [-0.2, -0.15) is 0 Å². The lowest BCUT2D eigenvalue weighted by atomic mass is 10.00. The summed E-state index contributed by atoms with van der Waals surface area (Å²) >= 11 is 0. The van der Waals surface area contributed by atoms with Crippen molar-refractivity contribution in [2.75, 3.05) is 5.73 Å². The van der Waals surface area contributed by atoms with Gasteiger partial charge in [0.15, 0.2) is 0 Å². The van der Waals surface area contributed by atoms with Crippen LogP contribution in [0.5, 0.6) is 0 Å². The molecule has 4 heteroatoms. The lowest BCUT2D eigenvalue weighted by Gasteiger charge is -2.13. The van der Waals surface area contributed by atoms with Gasteiger partial charge in [0.25, 0.3) is 0 Å². The summed E-state index contributed by atoms with van der Waals surface area (Å²) in [5.74, 6) is 1.28. The maximum Gasteiger partial charge on any atom is 0.128 e. The van der Waals surface area contributed by atoms with Crippen LogP contribution in [-0.4, -0.2) is 4.98 Å². The Hall–Kier alpha value is -1.81. The fourth-order valence-corrected chi connectivity index (χ4v) is 1.74. The number of aryl methyl sites for hydroxylation is 2. The first-order valence-corrected chi connectivity index (χ1v) is 5.11. The minimum Gasteiger partial charge on any atom is -0.469 e. The monoisotopic (exact) mass is 217 g/mol. The van der Waals surface area contributed by atoms with Gasteiger partial charge in [-0.3, -0.25) is 0 Å². The molecule has 0 bridgehead atoms. The molecular formula is C12H15N3O. The largest absolute Gasteiger partial charge is 0.469 e. The zero-order chi connectivity index (χ0) is 11.7. The first kappa shape index (κ1) is 10.7. The summed E-state index contributed by atoms with van der Waals surface area (Å²) in [6.07, 6.45) is 3.36. The van der Waals surface area contributed by atoms with Crippen LogP contribution in [0.3, 0.4) is 0 Å². The molecule has 0 aliphatic rings. The zero-order valence-corrected chi connectivity index (χ0v) is 9.40. The Morgan fingerprint density at radius 2 is 2.06 bits per heavy atom. The van der Waals surface area contributed by atoms with Gasteiger partial charge < -0.3 is 15.9 Å². The van der Waals surface area contributed by atoms with E-state index in [1.165, 1.54) is 0 Å². The third kappa shape index (κ3) is 1.79. The Kier molecular flexibility index (Phi) is 2.66. The third-order valence-electron chi connectivity index (χ3n) is 2.66. The van der Waals surface area contributed by atoms with Crippen LogP contribution in [-0.2, 0) is 0 Å². The maximum absolute atomic E-state index is 6.15. The number of pyridine rings is 1. The van der Waals surface area contributed by atoms with Gasteiger partial charge >= 0.3 is 0 Å². The van der Waals surface area contributed by atoms with Crippen LogP contribution in [0.1, 0.15) is 28.5 Å². The second-order valence-corrected chi connectivity index (χ2v) is 3.90. The van der Waals surface area contributed by atoms with Crippen molar-refractivity contribution in [1.82, 2.24) is 4.98 Å². The highest BCUT2D eigenvalue weighted by atomic mass is 16.3. The maximum atomic E-state index is 6.15. The molecule has 0 saturated heterocycles. The summed E-state index contributed by atoms with van der Waals surface area (Å²) < 4.78 is 5.24. The Morgan fingerprint density at radius 1 is 1.31 bits per heavy atom. The number of hydrogen-bond donors (Lipinski definition) is 2. The number of hydrogen-bond acceptors (Lipinski definition) is 4. The minimum absolute atomic E-state index is 0.286. The number of anilines is 1. The smallest absolute Gasteiger partial charge is 0.128 e. The molecule has 2 rings (SSSR count). The van der Waals surface area contributed by atoms with Crippen molar-refractivity contribution in [1.29, 1.82) is 0 Å². The molecule has 0 amide bonds. The number of nitrogens with zero attached hydrogens (tertiary/aromatic N) is 1. The van der Waals surface area contributed by atoms with Crippen molar-refractivity contribution >= 4 is 5.82 Å². The summed E-state index contributed by atoms with van der Waals surface area (Å²) in [5, 5.41) is 0. The second-order valence-electron chi connectivity index (χ2n) is 3.90. The average Bonchev–Trinajstić information content (AvgIpc) is 2.67. The molecule has 0 saturated carbocycles. The van der Waals surface area contributed by atoms with Crippen molar-refractivity contribution in [2.45, 2.75) is 19.9 Å². The van der Waals surface area contributed by atoms with Gasteiger partial charge in [-0.1, -0.05) is 0 Å². The van der Waals surface area contributed by atoms with E-state index in [9.17, 15) is 0 Å². The molecule has 2 heterocycles. The molecule has 4 N–H and O–H groups in total. The van der Waals surface area contributed by atoms with Crippen molar-refractivity contribution in [2.24, 2.45) is 5.73 Å². The van der Waals surface area contributed by atoms with Crippen LogP contribution in [0.15, 0.2) is 29.0 Å². The topological polar surface area (TPSA) is 78.1 Å². The standard InChI is InChI=1S/C12H15N3O/c1-7-5-10(12(14)15-6-7)11(13)9-3-4-16-8(9)2/h3-6,11H,13H2,1-2H3,(H2,14,15). The molecule has 0 aliphatic carbocycles. The van der Waals surface area contributed by atoms with Crippen molar-refractivity contribution in [3.05, 3.63) is 47.0 Å². The Bertz CT molecular complexity index is 505. The molecule has 2 aromatic rings. The summed E-state index contributed by atoms with van der Waals surface area (Å²) in [6, 6.07) is 3.53. The van der Waals surface area contributed by atoms with E-state index in [0.717, 1.165) is 22.5 Å². The molecule has 4 nitrogen and oxygen atoms in total. The number of rotatable bonds is 2. The fourth-order valence-electron chi connectivity index (χ4n) is 1.74. The third-order valence-corrected chi connectivity index (χ3v) is 2.66. The van der Waals surface area contributed by atoms with Gasteiger partial charge in [0.05, 0.1) is 12.3 Å². The van der Waals surface area contributed by atoms with Gasteiger partial charge in [-0.25, -0.2) is 4.98 Å². The molecule has 0 aromatic carbocycles. The lowest BCUT2D eigenvalue weighted by Crippen LogP contribution is -2.15. The molecule has 0 radical (unpaired) electrons. The minimum atomic E-state index is -0.286. The Balaban J connectivity index is 2.45. The molecule has 16 heavy (non-hydrogen) atoms. The van der Waals surface area contributed by atoms with Crippen molar-refractivity contribution in [3.8, 4) is 0 Å². The van der Waals surface area contributed by atoms with Crippen molar-refractivity contribution in [3.63, 3.8) is 0 Å². The van der Waals surface area contributed by atoms with E-state index < -0.39 is 0 Å². The van der Waals surface area contributed by atoms with Gasteiger partial charge in [-0.15, -0.1) is 0 Å². The predicted molar refractivity (Wildman–Crippen MR) is 62.9 cm³/mol. The highest BCUT2D eigenvalue weighted by Crippen LogP contribution is 2.26. The van der Waals surface area contributed by atoms with E-state index in [1.807, 2.05) is 26.0 Å². The second kappa shape index (κ2) is 3.98. The average molecular weight is 217 g/mol. The first-order valence-electron chi connectivity index (χ1n) is 5.11. The van der Waals surface area contributed by atoms with E-state index in [1.54, 1.807) is 12.5 Å². The predicted octanol–water partition coefficient (Wildman–Crippen LogP) is 1.92. The number of furan rings is 1. The van der Waals surface area contributed by atoms with Gasteiger partial charge in [0.1, 0.15) is 11.6 Å². The van der Waals surface area contributed by atoms with Crippen LogP contribution in [0, 0.1) is 13.8 Å². The summed E-state index contributed by atoms with van der Waals surface area (Å²) in [7, 11) is 0. The van der Waals surface area contributed by atoms with Crippen LogP contribution in [0.2, 0.25) is 0 Å². The van der Waals surface area contributed by atoms with Crippen molar-refractivity contribution < 1.29 is 4.42 Å². The molecule has 0 aliphatic heterocycles. The number of nitrogens with two attached hydrogens (primary N) is 2. The molecule has 0 spiro atoms. The summed E-state index contributed by atoms with van der Waals surface area (Å²) in [5.41, 5.74) is 14.8. The van der Waals surface area contributed by atoms with E-state index in [2.05, 4.69) is 4.98 Å². The number of aromatic nitrogens is 1. The van der Waals surface area contributed by atoms with E-state index in [-0.39, 0.29) is 6.04 Å². The van der Waals surface area contributed by atoms with Crippen LogP contribution in [0.4, 0.5) is 5.82 Å². The molecule has 0 fully saturated rings. The van der Waals surface area contributed by atoms with Gasteiger partial charge in [-0.05, 0) is 31.5 Å². The number of nitrogen functional groups attached to an aromatic ring is 1. The Morgan fingerprint density at radius 3 is 2.69 bits per heavy atom. The van der Waals surface area contributed by atoms with Crippen LogP contribution in [0.25, 0.3) is 0 Å². The first-order chi connectivity index (χ1) is 7.59. The molecule has 2 aromatic heterocycles. The highest BCUT2D eigenvalue weighted by molar-refractivity contribution is 5.47. The molecule has 1 unspecified atom stereocenters. The molecular weight excluding hydrogens is 202 g/mol. The van der Waals surface area contributed by atoms with Crippen LogP contribution >= 0.6 is 0 Å². The van der Waals surface area contributed by atoms with E-state index in [0.29, 0.717) is 5.82 Å². The molecule has 1 atom stereocenters. The SMILES string of the molecule is Cc1cnc(N)c(C(N)c2ccoc2C)c1. The zero-order valence-electron chi connectivity index (χ0n) is 9.40. The van der Waals surface area contributed by atoms with E-state index in [4.69, 9.17) is 15.9 Å². The van der Waals surface area contributed by atoms with Crippen LogP contribution < -0.4 is 11.5 Å². The summed E-state index contributed by atoms with van der Waals surface area (Å²) in [4.78, 5) is 4.11. The lowest BCUT2D eigenvalue weighted by molar-refractivity contribution is 0.527. The normalized spacial score (nSPS) is 12.7. The Labute approximate surface area is 94.3 Å². The van der Waals surface area contributed by atoms with Gasteiger partial charge in [0.2, 0.25) is 0 Å². The summed E-state index contributed by atoms with van der Waals surface area (Å²) in [6.45, 7) is 3.85. The quantitative estimate of drug-likeness (QED) is 0.805.